The number of carbonyl (C=O) groups is 1. The minimum absolute atomic E-state index is 0.374. The molecule has 0 fully saturated rings. The smallest absolute Gasteiger partial charge is 0.260 e. The molecule has 0 aliphatic carbocycles. The lowest BCUT2D eigenvalue weighted by molar-refractivity contribution is -0.119. The number of amides is 1. The van der Waals surface area contributed by atoms with Crippen LogP contribution in [0.1, 0.15) is 5.56 Å². The summed E-state index contributed by atoms with van der Waals surface area (Å²) < 4.78 is 31.1. The Bertz CT molecular complexity index is 959. The van der Waals surface area contributed by atoms with Crippen molar-refractivity contribution in [3.8, 4) is 5.75 Å². The molecule has 148 valence electrons. The molecular weight excluding hydrogens is 446 g/mol. The first-order valence-corrected chi connectivity index (χ1v) is 10.8. The molecule has 1 amide bonds. The fourth-order valence-electron chi connectivity index (χ4n) is 2.18. The lowest BCUT2D eigenvalue weighted by Gasteiger charge is -2.22. The van der Waals surface area contributed by atoms with E-state index in [1.807, 2.05) is 0 Å². The summed E-state index contributed by atoms with van der Waals surface area (Å²) in [6.45, 7) is 3.60. The average Bonchev–Trinajstić information content (AvgIpc) is 2.65. The van der Waals surface area contributed by atoms with Gasteiger partial charge in [0, 0.05) is 4.47 Å². The number of hydrogen-bond donors (Lipinski definition) is 1. The summed E-state index contributed by atoms with van der Waals surface area (Å²) in [5.74, 6) is 0.127. The molecule has 2 aromatic rings. The van der Waals surface area contributed by atoms with Crippen LogP contribution in [0.15, 0.2) is 70.8 Å². The summed E-state index contributed by atoms with van der Waals surface area (Å²) in [6, 6.07) is 13.8. The van der Waals surface area contributed by atoms with Gasteiger partial charge in [0.1, 0.15) is 18.9 Å². The molecule has 0 bridgehead atoms. The van der Waals surface area contributed by atoms with Crippen LogP contribution in [0.4, 0.5) is 5.69 Å². The lowest BCUT2D eigenvalue weighted by atomic mass is 10.2. The third-order valence-corrected chi connectivity index (χ3v) is 5.26. The summed E-state index contributed by atoms with van der Waals surface area (Å²) in [4.78, 5) is 12.2. The second-order valence-corrected chi connectivity index (χ2v) is 8.44. The molecule has 0 aliphatic heterocycles. The van der Waals surface area contributed by atoms with E-state index < -0.39 is 22.5 Å². The van der Waals surface area contributed by atoms with Crippen molar-refractivity contribution in [3.63, 3.8) is 0 Å². The third-order valence-electron chi connectivity index (χ3n) is 3.46. The zero-order valence-corrected chi connectivity index (χ0v) is 17.6. The van der Waals surface area contributed by atoms with Crippen molar-refractivity contribution in [2.75, 3.05) is 23.7 Å². The Balaban J connectivity index is 2.00. The maximum atomic E-state index is 12.2. The van der Waals surface area contributed by atoms with Crippen molar-refractivity contribution in [2.24, 2.45) is 5.10 Å². The molecule has 0 unspecified atom stereocenters. The molecular formula is C19H20BrN3O4S. The highest BCUT2D eigenvalue weighted by Gasteiger charge is 2.22. The number of benzene rings is 2. The van der Waals surface area contributed by atoms with Gasteiger partial charge in [-0.15, -0.1) is 0 Å². The Kier molecular flexibility index (Phi) is 7.77. The zero-order chi connectivity index (χ0) is 20.6. The van der Waals surface area contributed by atoms with Crippen molar-refractivity contribution in [2.45, 2.75) is 0 Å². The van der Waals surface area contributed by atoms with E-state index in [1.54, 1.807) is 54.6 Å². The van der Waals surface area contributed by atoms with Gasteiger partial charge < -0.3 is 4.74 Å². The Morgan fingerprint density at radius 2 is 1.93 bits per heavy atom. The minimum atomic E-state index is -3.66. The molecule has 7 nitrogen and oxygen atoms in total. The van der Waals surface area contributed by atoms with Crippen LogP contribution in [0.3, 0.4) is 0 Å². The molecule has 1 N–H and O–H groups in total. The van der Waals surface area contributed by atoms with Crippen molar-refractivity contribution >= 4 is 43.8 Å². The van der Waals surface area contributed by atoms with E-state index in [2.05, 4.69) is 33.0 Å². The normalized spacial score (nSPS) is 11.2. The van der Waals surface area contributed by atoms with Gasteiger partial charge >= 0.3 is 0 Å². The van der Waals surface area contributed by atoms with E-state index in [0.717, 1.165) is 16.1 Å². The van der Waals surface area contributed by atoms with Crippen LogP contribution in [-0.4, -0.2) is 39.9 Å². The molecule has 0 atom stereocenters. The van der Waals surface area contributed by atoms with Gasteiger partial charge in [-0.3, -0.25) is 9.10 Å². The molecule has 2 rings (SSSR count). The molecule has 0 aliphatic rings. The van der Waals surface area contributed by atoms with E-state index in [4.69, 9.17) is 4.74 Å². The number of nitrogens with zero attached hydrogens (tertiary/aromatic N) is 2. The van der Waals surface area contributed by atoms with Gasteiger partial charge in [-0.1, -0.05) is 24.8 Å². The predicted molar refractivity (Wildman–Crippen MR) is 114 cm³/mol. The number of ether oxygens (including phenoxy) is 1. The van der Waals surface area contributed by atoms with Gasteiger partial charge in [0.05, 0.1) is 18.2 Å². The van der Waals surface area contributed by atoms with Crippen molar-refractivity contribution in [3.05, 3.63) is 71.2 Å². The van der Waals surface area contributed by atoms with Crippen LogP contribution in [0.2, 0.25) is 0 Å². The second-order valence-electron chi connectivity index (χ2n) is 5.68. The van der Waals surface area contributed by atoms with E-state index in [9.17, 15) is 13.2 Å². The number of sulfonamides is 1. The monoisotopic (exact) mass is 465 g/mol. The number of hydrogen-bond acceptors (Lipinski definition) is 5. The fourth-order valence-corrected chi connectivity index (χ4v) is 3.67. The molecule has 0 saturated carbocycles. The molecule has 0 spiro atoms. The first kappa shape index (κ1) is 21.6. The zero-order valence-electron chi connectivity index (χ0n) is 15.2. The summed E-state index contributed by atoms with van der Waals surface area (Å²) in [5, 5.41) is 3.87. The van der Waals surface area contributed by atoms with Gasteiger partial charge in [-0.2, -0.15) is 5.10 Å². The Morgan fingerprint density at radius 3 is 2.54 bits per heavy atom. The maximum absolute atomic E-state index is 12.2. The van der Waals surface area contributed by atoms with Crippen molar-refractivity contribution in [1.82, 2.24) is 5.43 Å². The van der Waals surface area contributed by atoms with Crippen LogP contribution in [-0.2, 0) is 14.8 Å². The number of anilines is 1. The van der Waals surface area contributed by atoms with Crippen LogP contribution in [0.5, 0.6) is 5.75 Å². The molecule has 2 aromatic carbocycles. The van der Waals surface area contributed by atoms with Gasteiger partial charge in [-0.25, -0.2) is 13.8 Å². The third kappa shape index (κ3) is 6.50. The maximum Gasteiger partial charge on any atom is 0.260 e. The van der Waals surface area contributed by atoms with Gasteiger partial charge in [0.25, 0.3) is 5.91 Å². The molecule has 0 aromatic heterocycles. The summed E-state index contributed by atoms with van der Waals surface area (Å²) in [6.07, 6.45) is 4.15. The summed E-state index contributed by atoms with van der Waals surface area (Å²) in [5.41, 5.74) is 3.46. The lowest BCUT2D eigenvalue weighted by Crippen LogP contribution is -2.39. The number of nitrogens with one attached hydrogen (secondary N) is 1. The highest BCUT2D eigenvalue weighted by molar-refractivity contribution is 9.10. The number of hydrazone groups is 1. The van der Waals surface area contributed by atoms with E-state index >= 15 is 0 Å². The molecule has 0 radical (unpaired) electrons. The number of halogens is 1. The quantitative estimate of drug-likeness (QED) is 0.350. The fraction of sp³-hybridized carbons (Fsp3) is 0.158. The Morgan fingerprint density at radius 1 is 1.25 bits per heavy atom. The van der Waals surface area contributed by atoms with Crippen LogP contribution >= 0.6 is 15.9 Å². The topological polar surface area (TPSA) is 88.1 Å². The van der Waals surface area contributed by atoms with Crippen molar-refractivity contribution < 1.29 is 17.9 Å². The second kappa shape index (κ2) is 10.0. The largest absolute Gasteiger partial charge is 0.490 e. The van der Waals surface area contributed by atoms with Crippen LogP contribution < -0.4 is 14.5 Å². The van der Waals surface area contributed by atoms with E-state index in [1.165, 1.54) is 6.21 Å². The SMILES string of the molecule is C=CCOc1ccc(/C=N\NC(=O)CN(c2ccccc2Br)S(C)(=O)=O)cc1. The van der Waals surface area contributed by atoms with Crippen LogP contribution in [0, 0.1) is 0 Å². The average molecular weight is 466 g/mol. The summed E-state index contributed by atoms with van der Waals surface area (Å²) >= 11 is 3.30. The van der Waals surface area contributed by atoms with E-state index in [0.29, 0.717) is 22.5 Å². The van der Waals surface area contributed by atoms with Crippen molar-refractivity contribution in [1.29, 1.82) is 0 Å². The molecule has 28 heavy (non-hydrogen) atoms. The van der Waals surface area contributed by atoms with Gasteiger partial charge in [0.15, 0.2) is 0 Å². The minimum Gasteiger partial charge on any atom is -0.490 e. The standard InChI is InChI=1S/C19H20BrN3O4S/c1-3-12-27-16-10-8-15(9-11-16)13-21-22-19(24)14-23(28(2,25)26)18-7-5-4-6-17(18)20/h3-11,13H,1,12,14H2,2H3,(H,22,24)/b21-13-. The molecule has 0 heterocycles. The first-order chi connectivity index (χ1) is 13.3. The molecule has 0 saturated heterocycles. The Labute approximate surface area is 172 Å². The van der Waals surface area contributed by atoms with Crippen LogP contribution in [0.25, 0.3) is 0 Å². The van der Waals surface area contributed by atoms with E-state index in [-0.39, 0.29) is 0 Å². The number of para-hydroxylation sites is 1. The number of rotatable bonds is 9. The van der Waals surface area contributed by atoms with Gasteiger partial charge in [0.2, 0.25) is 10.0 Å². The summed E-state index contributed by atoms with van der Waals surface area (Å²) in [7, 11) is -3.66. The van der Waals surface area contributed by atoms with Gasteiger partial charge in [-0.05, 0) is 57.9 Å². The molecule has 9 heteroatoms. The number of carbonyl (C=O) groups excluding carboxylic acids is 1. The first-order valence-electron chi connectivity index (χ1n) is 8.19. The Hall–Kier alpha value is -2.65. The highest BCUT2D eigenvalue weighted by Crippen LogP contribution is 2.27. The highest BCUT2D eigenvalue weighted by atomic mass is 79.9. The predicted octanol–water partition coefficient (Wildman–Crippen LogP) is 2.93.